The third kappa shape index (κ3) is 5.46. The van der Waals surface area contributed by atoms with E-state index in [1.165, 1.54) is 6.33 Å². The Morgan fingerprint density at radius 2 is 1.93 bits per heavy atom. The first-order valence-electron chi connectivity index (χ1n) is 4.78. The summed E-state index contributed by atoms with van der Waals surface area (Å²) in [4.78, 5) is 7.67. The minimum Gasteiger partial charge on any atom is -0.396 e. The van der Waals surface area contributed by atoms with Crippen molar-refractivity contribution in [3.05, 3.63) is 24.3 Å². The number of rotatable bonds is 3. The highest BCUT2D eigenvalue weighted by molar-refractivity contribution is 5.36. The van der Waals surface area contributed by atoms with Crippen molar-refractivity contribution in [1.29, 1.82) is 0 Å². The summed E-state index contributed by atoms with van der Waals surface area (Å²) in [6.07, 6.45) is 7.25. The second-order valence-electron chi connectivity index (χ2n) is 2.86. The SMILES string of the molecule is OCCCCC#CC#Cc1cncnc1. The molecule has 1 aromatic heterocycles. The highest BCUT2D eigenvalue weighted by Gasteiger charge is 1.82. The van der Waals surface area contributed by atoms with Crippen LogP contribution in [0.2, 0.25) is 0 Å². The molecule has 0 aliphatic rings. The van der Waals surface area contributed by atoms with Gasteiger partial charge < -0.3 is 5.11 Å². The van der Waals surface area contributed by atoms with Gasteiger partial charge in [0.05, 0.1) is 5.56 Å². The van der Waals surface area contributed by atoms with E-state index in [0.29, 0.717) is 0 Å². The molecule has 0 saturated carbocycles. The molecule has 3 heteroatoms. The fraction of sp³-hybridized carbons (Fsp3) is 0.333. The predicted molar refractivity (Wildman–Crippen MR) is 57.6 cm³/mol. The fourth-order valence-electron chi connectivity index (χ4n) is 0.899. The molecule has 0 bridgehead atoms. The molecule has 1 heterocycles. The van der Waals surface area contributed by atoms with E-state index in [1.54, 1.807) is 12.4 Å². The van der Waals surface area contributed by atoms with Gasteiger partial charge in [-0.3, -0.25) is 0 Å². The molecule has 0 fully saturated rings. The number of aliphatic hydroxyl groups is 1. The van der Waals surface area contributed by atoms with Crippen LogP contribution in [0, 0.1) is 23.7 Å². The zero-order valence-electron chi connectivity index (χ0n) is 8.40. The maximum absolute atomic E-state index is 8.53. The summed E-state index contributed by atoms with van der Waals surface area (Å²) >= 11 is 0. The van der Waals surface area contributed by atoms with Gasteiger partial charge in [0.2, 0.25) is 0 Å². The molecule has 1 rings (SSSR count). The number of aliphatic hydroxyl groups excluding tert-OH is 1. The lowest BCUT2D eigenvalue weighted by Crippen LogP contribution is -1.80. The molecule has 0 aromatic carbocycles. The second-order valence-corrected chi connectivity index (χ2v) is 2.86. The number of aromatic nitrogens is 2. The van der Waals surface area contributed by atoms with Gasteiger partial charge in [0.1, 0.15) is 6.33 Å². The summed E-state index contributed by atoms with van der Waals surface area (Å²) in [5.74, 6) is 11.2. The molecule has 0 aliphatic carbocycles. The molecule has 76 valence electrons. The summed E-state index contributed by atoms with van der Waals surface area (Å²) in [5.41, 5.74) is 0.766. The molecule has 0 spiro atoms. The van der Waals surface area contributed by atoms with Crippen LogP contribution in [0.3, 0.4) is 0 Å². The zero-order valence-corrected chi connectivity index (χ0v) is 8.40. The van der Waals surface area contributed by atoms with Crippen LogP contribution < -0.4 is 0 Å². The molecule has 0 unspecified atom stereocenters. The van der Waals surface area contributed by atoms with Crippen molar-refractivity contribution in [2.24, 2.45) is 0 Å². The standard InChI is InChI=1S/C12H12N2O/c15-8-6-4-2-1-3-5-7-12-9-13-11-14-10-12/h9-11,15H,2,4,6,8H2. The molecule has 0 aliphatic heterocycles. The van der Waals surface area contributed by atoms with Gasteiger partial charge in [0.15, 0.2) is 0 Å². The van der Waals surface area contributed by atoms with E-state index in [-0.39, 0.29) is 6.61 Å². The number of hydrogen-bond donors (Lipinski definition) is 1. The number of unbranched alkanes of at least 4 members (excludes halogenated alkanes) is 2. The molecule has 0 radical (unpaired) electrons. The van der Waals surface area contributed by atoms with Crippen LogP contribution in [-0.4, -0.2) is 21.7 Å². The van der Waals surface area contributed by atoms with Crippen molar-refractivity contribution in [2.45, 2.75) is 19.3 Å². The molecule has 0 amide bonds. The molecule has 1 N–H and O–H groups in total. The van der Waals surface area contributed by atoms with Crippen molar-refractivity contribution in [2.75, 3.05) is 6.61 Å². The molecule has 0 saturated heterocycles. The van der Waals surface area contributed by atoms with Gasteiger partial charge in [-0.25, -0.2) is 9.97 Å². The Kier molecular flexibility index (Phi) is 5.66. The van der Waals surface area contributed by atoms with Gasteiger partial charge in [-0.1, -0.05) is 5.92 Å². The minimum atomic E-state index is 0.231. The van der Waals surface area contributed by atoms with Crippen LogP contribution in [0.5, 0.6) is 0 Å². The first-order chi connectivity index (χ1) is 7.43. The van der Waals surface area contributed by atoms with Gasteiger partial charge in [-0.2, -0.15) is 0 Å². The van der Waals surface area contributed by atoms with Crippen molar-refractivity contribution in [3.8, 4) is 23.7 Å². The maximum atomic E-state index is 8.53. The van der Waals surface area contributed by atoms with Gasteiger partial charge in [0.25, 0.3) is 0 Å². The normalized spacial score (nSPS) is 8.33. The number of hydrogen-bond acceptors (Lipinski definition) is 3. The molecule has 3 nitrogen and oxygen atoms in total. The van der Waals surface area contributed by atoms with Gasteiger partial charge in [-0.05, 0) is 30.6 Å². The van der Waals surface area contributed by atoms with Gasteiger partial charge in [0, 0.05) is 25.4 Å². The van der Waals surface area contributed by atoms with E-state index in [0.717, 1.165) is 24.8 Å². The first-order valence-corrected chi connectivity index (χ1v) is 4.78. The van der Waals surface area contributed by atoms with Crippen molar-refractivity contribution in [3.63, 3.8) is 0 Å². The monoisotopic (exact) mass is 200 g/mol. The highest BCUT2D eigenvalue weighted by Crippen LogP contribution is 1.91. The van der Waals surface area contributed by atoms with E-state index in [4.69, 9.17) is 5.11 Å². The summed E-state index contributed by atoms with van der Waals surface area (Å²) in [6, 6.07) is 0. The molecule has 1 aromatic rings. The Labute approximate surface area is 89.6 Å². The summed E-state index contributed by atoms with van der Waals surface area (Å²) < 4.78 is 0. The molecular formula is C12H12N2O. The van der Waals surface area contributed by atoms with Gasteiger partial charge in [-0.15, -0.1) is 0 Å². The second kappa shape index (κ2) is 7.55. The van der Waals surface area contributed by atoms with Crippen LogP contribution in [0.4, 0.5) is 0 Å². The smallest absolute Gasteiger partial charge is 0.115 e. The quantitative estimate of drug-likeness (QED) is 0.584. The average molecular weight is 200 g/mol. The van der Waals surface area contributed by atoms with E-state index < -0.39 is 0 Å². The predicted octanol–water partition coefficient (Wildman–Crippen LogP) is 0.994. The van der Waals surface area contributed by atoms with Crippen molar-refractivity contribution < 1.29 is 5.11 Å². The maximum Gasteiger partial charge on any atom is 0.115 e. The van der Waals surface area contributed by atoms with E-state index in [9.17, 15) is 0 Å². The van der Waals surface area contributed by atoms with Gasteiger partial charge >= 0.3 is 0 Å². The summed E-state index contributed by atoms with van der Waals surface area (Å²) in [5, 5.41) is 8.53. The third-order valence-corrected chi connectivity index (χ3v) is 1.63. The lowest BCUT2D eigenvalue weighted by molar-refractivity contribution is 0.285. The van der Waals surface area contributed by atoms with Crippen molar-refractivity contribution >= 4 is 0 Å². The fourth-order valence-corrected chi connectivity index (χ4v) is 0.899. The van der Waals surface area contributed by atoms with E-state index >= 15 is 0 Å². The molecule has 0 atom stereocenters. The lowest BCUT2D eigenvalue weighted by Gasteiger charge is -1.86. The summed E-state index contributed by atoms with van der Waals surface area (Å²) in [7, 11) is 0. The Morgan fingerprint density at radius 1 is 1.13 bits per heavy atom. The van der Waals surface area contributed by atoms with Crippen LogP contribution >= 0.6 is 0 Å². The Morgan fingerprint density at radius 3 is 2.67 bits per heavy atom. The van der Waals surface area contributed by atoms with E-state index in [1.807, 2.05) is 0 Å². The average Bonchev–Trinajstić information content (AvgIpc) is 2.29. The minimum absolute atomic E-state index is 0.231. The largest absolute Gasteiger partial charge is 0.396 e. The highest BCUT2D eigenvalue weighted by atomic mass is 16.2. The van der Waals surface area contributed by atoms with Crippen LogP contribution in [0.1, 0.15) is 24.8 Å². The summed E-state index contributed by atoms with van der Waals surface area (Å²) in [6.45, 7) is 0.231. The Hall–Kier alpha value is -1.84. The lowest BCUT2D eigenvalue weighted by atomic mass is 10.2. The topological polar surface area (TPSA) is 46.0 Å². The Balaban J connectivity index is 2.33. The molecule has 15 heavy (non-hydrogen) atoms. The van der Waals surface area contributed by atoms with Crippen molar-refractivity contribution in [1.82, 2.24) is 9.97 Å². The van der Waals surface area contributed by atoms with Crippen LogP contribution in [0.15, 0.2) is 18.7 Å². The van der Waals surface area contributed by atoms with E-state index in [2.05, 4.69) is 33.6 Å². The first kappa shape index (κ1) is 11.2. The zero-order chi connectivity index (χ0) is 10.8. The Bertz CT molecular complexity index is 392. The van der Waals surface area contributed by atoms with Crippen LogP contribution in [-0.2, 0) is 0 Å². The number of nitrogens with zero attached hydrogens (tertiary/aromatic N) is 2. The van der Waals surface area contributed by atoms with Crippen LogP contribution in [0.25, 0.3) is 0 Å². The molecular weight excluding hydrogens is 188 g/mol. The third-order valence-electron chi connectivity index (χ3n) is 1.63.